The summed E-state index contributed by atoms with van der Waals surface area (Å²) in [6.07, 6.45) is 3.74. The Kier molecular flexibility index (Phi) is 3.78. The highest BCUT2D eigenvalue weighted by Crippen LogP contribution is 2.46. The van der Waals surface area contributed by atoms with Crippen molar-refractivity contribution in [2.75, 3.05) is 0 Å². The highest BCUT2D eigenvalue weighted by molar-refractivity contribution is 5.51. The zero-order valence-electron chi connectivity index (χ0n) is 17.4. The minimum atomic E-state index is -2.36. The van der Waals surface area contributed by atoms with Gasteiger partial charge in [-0.1, -0.05) is 37.1 Å². The summed E-state index contributed by atoms with van der Waals surface area (Å²) in [5.41, 5.74) is 2.05. The molecule has 1 aliphatic rings. The number of benzene rings is 1. The van der Waals surface area contributed by atoms with Gasteiger partial charge in [0.05, 0.1) is 0 Å². The predicted octanol–water partition coefficient (Wildman–Crippen LogP) is 5.46. The molecule has 0 aromatic heterocycles. The molecule has 1 aromatic rings. The van der Waals surface area contributed by atoms with E-state index in [0.29, 0.717) is 12.0 Å². The zero-order chi connectivity index (χ0) is 19.6. The van der Waals surface area contributed by atoms with Crippen LogP contribution in [0.15, 0.2) is 35.9 Å². The standard InChI is InChI=1S/C20H28O2/c1-5-6-7-15-11-18(21)20(19(22)12-15)17-10-14(4)8-9-16(17)13(2)3/h10-12,16-17,21-22H,2,5-9H2,1,3-4H3/i4D3,8D. The lowest BCUT2D eigenvalue weighted by Gasteiger charge is -2.31. The number of aryl methyl sites for hydroxylation is 1. The van der Waals surface area contributed by atoms with Gasteiger partial charge in [0.25, 0.3) is 0 Å². The van der Waals surface area contributed by atoms with Crippen molar-refractivity contribution in [3.05, 3.63) is 47.1 Å². The number of allylic oxidation sites excluding steroid dienone is 3. The Morgan fingerprint density at radius 3 is 2.64 bits per heavy atom. The second-order valence-electron chi connectivity index (χ2n) is 6.19. The van der Waals surface area contributed by atoms with Crippen LogP contribution in [-0.2, 0) is 6.42 Å². The van der Waals surface area contributed by atoms with E-state index in [1.807, 2.05) is 6.92 Å². The van der Waals surface area contributed by atoms with Crippen molar-refractivity contribution in [1.82, 2.24) is 0 Å². The first kappa shape index (κ1) is 11.8. The molecular weight excluding hydrogens is 272 g/mol. The van der Waals surface area contributed by atoms with Crippen LogP contribution in [0.2, 0.25) is 0 Å². The molecule has 0 fully saturated rings. The molecule has 2 rings (SSSR count). The SMILES string of the molecule is [2H]C1CC(C(=C)C)C(c2c(O)cc(CCCC)cc2O)C=C1C([2H])([2H])[2H]. The minimum Gasteiger partial charge on any atom is -0.507 e. The van der Waals surface area contributed by atoms with Crippen molar-refractivity contribution < 1.29 is 15.7 Å². The summed E-state index contributed by atoms with van der Waals surface area (Å²) >= 11 is 0. The Morgan fingerprint density at radius 2 is 2.09 bits per heavy atom. The van der Waals surface area contributed by atoms with Crippen LogP contribution >= 0.6 is 0 Å². The molecule has 0 aliphatic heterocycles. The highest BCUT2D eigenvalue weighted by Gasteiger charge is 2.29. The normalized spacial score (nSPS) is 28.1. The maximum atomic E-state index is 10.6. The van der Waals surface area contributed by atoms with Crippen LogP contribution in [0.4, 0.5) is 0 Å². The van der Waals surface area contributed by atoms with E-state index < -0.39 is 19.2 Å². The molecule has 1 aromatic carbocycles. The van der Waals surface area contributed by atoms with Crippen LogP contribution < -0.4 is 0 Å². The van der Waals surface area contributed by atoms with Crippen LogP contribution in [-0.4, -0.2) is 10.2 Å². The molecule has 2 heteroatoms. The van der Waals surface area contributed by atoms with E-state index in [1.165, 1.54) is 6.08 Å². The maximum absolute atomic E-state index is 10.6. The van der Waals surface area contributed by atoms with Gasteiger partial charge in [-0.05, 0) is 63.0 Å². The van der Waals surface area contributed by atoms with Crippen molar-refractivity contribution in [2.24, 2.45) is 5.92 Å². The lowest BCUT2D eigenvalue weighted by atomic mass is 9.73. The molecule has 0 bridgehead atoms. The molecule has 0 saturated heterocycles. The minimum absolute atomic E-state index is 0.0306. The molecule has 2 nitrogen and oxygen atoms in total. The quantitative estimate of drug-likeness (QED) is 0.709. The molecule has 0 spiro atoms. The van der Waals surface area contributed by atoms with Crippen molar-refractivity contribution in [1.29, 1.82) is 0 Å². The Bertz CT molecular complexity index is 683. The van der Waals surface area contributed by atoms with E-state index in [-0.39, 0.29) is 23.0 Å². The van der Waals surface area contributed by atoms with Gasteiger partial charge in [0.2, 0.25) is 0 Å². The van der Waals surface area contributed by atoms with Crippen LogP contribution in [0.25, 0.3) is 0 Å². The van der Waals surface area contributed by atoms with Gasteiger partial charge in [-0.2, -0.15) is 0 Å². The monoisotopic (exact) mass is 304 g/mol. The van der Waals surface area contributed by atoms with E-state index in [0.717, 1.165) is 30.4 Å². The summed E-state index contributed by atoms with van der Waals surface area (Å²) in [6, 6.07) is 3.30. The fraction of sp³-hybridized carbons (Fsp3) is 0.500. The third-order valence-electron chi connectivity index (χ3n) is 4.37. The van der Waals surface area contributed by atoms with Crippen LogP contribution in [0.1, 0.15) is 68.9 Å². The maximum Gasteiger partial charge on any atom is 0.123 e. The van der Waals surface area contributed by atoms with Gasteiger partial charge >= 0.3 is 0 Å². The molecule has 0 radical (unpaired) electrons. The Morgan fingerprint density at radius 1 is 1.41 bits per heavy atom. The van der Waals surface area contributed by atoms with Gasteiger partial charge in [0.15, 0.2) is 0 Å². The number of rotatable bonds is 5. The Balaban J connectivity index is 2.54. The van der Waals surface area contributed by atoms with E-state index in [1.54, 1.807) is 12.1 Å². The second kappa shape index (κ2) is 7.04. The summed E-state index contributed by atoms with van der Waals surface area (Å²) in [6.45, 7) is 5.52. The molecular formula is C20H28O2. The summed E-state index contributed by atoms with van der Waals surface area (Å²) in [7, 11) is 0. The third-order valence-corrected chi connectivity index (χ3v) is 4.37. The van der Waals surface area contributed by atoms with Gasteiger partial charge in [-0.3, -0.25) is 0 Å². The first-order valence-corrected chi connectivity index (χ1v) is 7.90. The molecule has 0 amide bonds. The number of aromatic hydroxyl groups is 2. The van der Waals surface area contributed by atoms with E-state index in [4.69, 9.17) is 5.48 Å². The molecule has 0 saturated carbocycles. The van der Waals surface area contributed by atoms with Crippen LogP contribution in [0.3, 0.4) is 0 Å². The van der Waals surface area contributed by atoms with Crippen molar-refractivity contribution >= 4 is 0 Å². The van der Waals surface area contributed by atoms with Crippen molar-refractivity contribution in [2.45, 2.75) is 58.7 Å². The van der Waals surface area contributed by atoms with E-state index in [2.05, 4.69) is 13.5 Å². The van der Waals surface area contributed by atoms with Crippen LogP contribution in [0.5, 0.6) is 11.5 Å². The second-order valence-corrected chi connectivity index (χ2v) is 6.19. The fourth-order valence-corrected chi connectivity index (χ4v) is 3.12. The van der Waals surface area contributed by atoms with Gasteiger partial charge in [-0.25, -0.2) is 0 Å². The number of phenols is 2. The van der Waals surface area contributed by atoms with E-state index >= 15 is 0 Å². The summed E-state index contributed by atoms with van der Waals surface area (Å²) < 4.78 is 31.3. The van der Waals surface area contributed by atoms with Gasteiger partial charge < -0.3 is 10.2 Å². The number of hydrogen-bond acceptors (Lipinski definition) is 2. The molecule has 3 unspecified atom stereocenters. The first-order valence-electron chi connectivity index (χ1n) is 9.98. The number of hydrogen-bond donors (Lipinski definition) is 2. The first-order chi connectivity index (χ1) is 12.1. The molecule has 2 N–H and O–H groups in total. The third kappa shape index (κ3) is 3.55. The van der Waals surface area contributed by atoms with Gasteiger partial charge in [-0.15, -0.1) is 0 Å². The summed E-state index contributed by atoms with van der Waals surface area (Å²) in [5.74, 6) is -0.777. The molecule has 120 valence electrons. The van der Waals surface area contributed by atoms with Crippen molar-refractivity contribution in [3.63, 3.8) is 0 Å². The fourth-order valence-electron chi connectivity index (χ4n) is 3.12. The lowest BCUT2D eigenvalue weighted by molar-refractivity contribution is 0.406. The Labute approximate surface area is 139 Å². The molecule has 1 aliphatic carbocycles. The topological polar surface area (TPSA) is 40.5 Å². The number of unbranched alkanes of at least 4 members (excludes halogenated alkanes) is 1. The van der Waals surface area contributed by atoms with Crippen LogP contribution in [0, 0.1) is 5.92 Å². The number of phenolic OH excluding ortho intramolecular Hbond substituents is 2. The molecule has 22 heavy (non-hydrogen) atoms. The largest absolute Gasteiger partial charge is 0.507 e. The molecule has 3 atom stereocenters. The highest BCUT2D eigenvalue weighted by atomic mass is 16.3. The zero-order valence-corrected chi connectivity index (χ0v) is 13.4. The smallest absolute Gasteiger partial charge is 0.123 e. The van der Waals surface area contributed by atoms with Crippen molar-refractivity contribution in [3.8, 4) is 11.5 Å². The predicted molar refractivity (Wildman–Crippen MR) is 92.4 cm³/mol. The van der Waals surface area contributed by atoms with E-state index in [9.17, 15) is 10.2 Å². The summed E-state index contributed by atoms with van der Waals surface area (Å²) in [5, 5.41) is 21.1. The lowest BCUT2D eigenvalue weighted by Crippen LogP contribution is -2.17. The van der Waals surface area contributed by atoms with Gasteiger partial charge in [0, 0.05) is 17.0 Å². The average molecular weight is 304 g/mol. The summed E-state index contributed by atoms with van der Waals surface area (Å²) in [4.78, 5) is 0. The average Bonchev–Trinajstić information content (AvgIpc) is 2.51. The van der Waals surface area contributed by atoms with Gasteiger partial charge in [0.1, 0.15) is 11.5 Å². The molecule has 0 heterocycles. The Hall–Kier alpha value is -1.70.